The van der Waals surface area contributed by atoms with Crippen molar-refractivity contribution in [2.45, 2.75) is 0 Å². The highest BCUT2D eigenvalue weighted by molar-refractivity contribution is 6.01. The van der Waals surface area contributed by atoms with Crippen LogP contribution in [0.15, 0.2) is 30.9 Å². The van der Waals surface area contributed by atoms with Crippen LogP contribution in [0.2, 0.25) is 0 Å². The Morgan fingerprint density at radius 3 is 2.24 bits per heavy atom. The summed E-state index contributed by atoms with van der Waals surface area (Å²) in [7, 11) is 3.04. The van der Waals surface area contributed by atoms with Crippen LogP contribution in [0.5, 0.6) is 11.5 Å². The number of nitrogens with two attached hydrogens (primary N) is 1. The van der Waals surface area contributed by atoms with Gasteiger partial charge in [0.2, 0.25) is 0 Å². The summed E-state index contributed by atoms with van der Waals surface area (Å²) in [4.78, 5) is 11.1. The number of ether oxygens (including phenoxy) is 2. The van der Waals surface area contributed by atoms with Gasteiger partial charge in [0.1, 0.15) is 17.2 Å². The summed E-state index contributed by atoms with van der Waals surface area (Å²) in [5, 5.41) is 0. The van der Waals surface area contributed by atoms with Gasteiger partial charge in [0.25, 0.3) is 0 Å². The maximum atomic E-state index is 11.1. The van der Waals surface area contributed by atoms with E-state index in [9.17, 15) is 4.79 Å². The number of ketones is 1. The van der Waals surface area contributed by atoms with Crippen molar-refractivity contribution < 1.29 is 14.3 Å². The number of carbonyl (C=O) groups excluding carboxylic acids is 1. The van der Waals surface area contributed by atoms with Crippen LogP contribution in [0, 0.1) is 0 Å². The number of nitrogen functional groups attached to an aromatic ring is 1. The predicted octanol–water partition coefficient (Wildman–Crippen LogP) is 2.05. The van der Waals surface area contributed by atoms with E-state index in [1.165, 1.54) is 26.4 Å². The van der Waals surface area contributed by atoms with Gasteiger partial charge in [-0.05, 0) is 29.8 Å². The first-order valence-corrected chi connectivity index (χ1v) is 4.98. The molecule has 0 aliphatic heterocycles. The van der Waals surface area contributed by atoms with Crippen LogP contribution in [-0.2, 0) is 4.79 Å². The fourth-order valence-electron chi connectivity index (χ4n) is 1.30. The van der Waals surface area contributed by atoms with Gasteiger partial charge >= 0.3 is 0 Å². The third kappa shape index (κ3) is 3.11. The number of methoxy groups -OCH3 is 2. The summed E-state index contributed by atoms with van der Waals surface area (Å²) >= 11 is 0. The Bertz CT molecular complexity index is 439. The molecule has 90 valence electrons. The first kappa shape index (κ1) is 12.8. The predicted molar refractivity (Wildman–Crippen MR) is 68.2 cm³/mol. The Balaban J connectivity index is 3.13. The Labute approximate surface area is 100 Å². The zero-order valence-corrected chi connectivity index (χ0v) is 9.90. The first-order valence-electron chi connectivity index (χ1n) is 4.98. The topological polar surface area (TPSA) is 61.5 Å². The van der Waals surface area contributed by atoms with E-state index in [2.05, 4.69) is 6.58 Å². The molecule has 0 fully saturated rings. The largest absolute Gasteiger partial charge is 0.494 e. The fraction of sp³-hybridized carbons (Fsp3) is 0.154. The molecule has 0 saturated heterocycles. The van der Waals surface area contributed by atoms with E-state index in [0.29, 0.717) is 17.2 Å². The van der Waals surface area contributed by atoms with Gasteiger partial charge in [-0.3, -0.25) is 4.79 Å². The highest BCUT2D eigenvalue weighted by Crippen LogP contribution is 2.33. The van der Waals surface area contributed by atoms with Gasteiger partial charge in [0.05, 0.1) is 14.2 Å². The van der Waals surface area contributed by atoms with Crippen LogP contribution in [0.1, 0.15) is 5.56 Å². The summed E-state index contributed by atoms with van der Waals surface area (Å²) in [5.41, 5.74) is 7.00. The summed E-state index contributed by atoms with van der Waals surface area (Å²) in [6, 6.07) is 3.45. The number of benzene rings is 1. The third-order valence-electron chi connectivity index (χ3n) is 2.21. The average molecular weight is 233 g/mol. The molecule has 0 atom stereocenters. The van der Waals surface area contributed by atoms with Crippen molar-refractivity contribution in [3.63, 3.8) is 0 Å². The second-order valence-corrected chi connectivity index (χ2v) is 3.28. The van der Waals surface area contributed by atoms with Crippen molar-refractivity contribution in [2.75, 3.05) is 20.0 Å². The first-order chi connectivity index (χ1) is 8.12. The molecule has 0 aliphatic rings. The molecule has 0 aliphatic carbocycles. The number of allylic oxidation sites excluding steroid dienone is 2. The molecule has 1 aromatic carbocycles. The van der Waals surface area contributed by atoms with E-state index in [4.69, 9.17) is 15.2 Å². The Morgan fingerprint density at radius 1 is 1.29 bits per heavy atom. The van der Waals surface area contributed by atoms with Crippen LogP contribution in [0.3, 0.4) is 0 Å². The molecule has 0 spiro atoms. The van der Waals surface area contributed by atoms with Crippen LogP contribution >= 0.6 is 0 Å². The molecular weight excluding hydrogens is 218 g/mol. The second kappa shape index (κ2) is 5.75. The lowest BCUT2D eigenvalue weighted by atomic mass is 10.1. The number of anilines is 1. The minimum atomic E-state index is -0.167. The van der Waals surface area contributed by atoms with Crippen molar-refractivity contribution >= 4 is 17.5 Å². The number of hydrogen-bond donors (Lipinski definition) is 1. The SMILES string of the molecule is C=CC(=O)C=Cc1cc(OC)c(N)c(OC)c1. The normalized spacial score (nSPS) is 10.2. The average Bonchev–Trinajstić information content (AvgIpc) is 2.36. The molecule has 0 amide bonds. The van der Waals surface area contributed by atoms with E-state index >= 15 is 0 Å². The van der Waals surface area contributed by atoms with Crippen LogP contribution in [0.4, 0.5) is 5.69 Å². The van der Waals surface area contributed by atoms with Crippen molar-refractivity contribution in [1.82, 2.24) is 0 Å². The van der Waals surface area contributed by atoms with Crippen molar-refractivity contribution in [2.24, 2.45) is 0 Å². The van der Waals surface area contributed by atoms with Crippen molar-refractivity contribution in [3.8, 4) is 11.5 Å². The van der Waals surface area contributed by atoms with E-state index < -0.39 is 0 Å². The summed E-state index contributed by atoms with van der Waals surface area (Å²) < 4.78 is 10.2. The molecule has 1 rings (SSSR count). The Morgan fingerprint density at radius 2 is 1.82 bits per heavy atom. The van der Waals surface area contributed by atoms with E-state index in [1.54, 1.807) is 18.2 Å². The van der Waals surface area contributed by atoms with Gasteiger partial charge in [0, 0.05) is 0 Å². The molecule has 17 heavy (non-hydrogen) atoms. The van der Waals surface area contributed by atoms with E-state index in [-0.39, 0.29) is 5.78 Å². The van der Waals surface area contributed by atoms with Gasteiger partial charge < -0.3 is 15.2 Å². The quantitative estimate of drug-likeness (QED) is 0.624. The van der Waals surface area contributed by atoms with Gasteiger partial charge in [-0.2, -0.15) is 0 Å². The van der Waals surface area contributed by atoms with Gasteiger partial charge in [0.15, 0.2) is 5.78 Å². The highest BCUT2D eigenvalue weighted by Gasteiger charge is 2.07. The monoisotopic (exact) mass is 233 g/mol. The Kier molecular flexibility index (Phi) is 4.34. The molecule has 4 nitrogen and oxygen atoms in total. The zero-order valence-electron chi connectivity index (χ0n) is 9.90. The van der Waals surface area contributed by atoms with Crippen LogP contribution < -0.4 is 15.2 Å². The molecule has 0 bridgehead atoms. The maximum absolute atomic E-state index is 11.1. The summed E-state index contributed by atoms with van der Waals surface area (Å²) in [6.45, 7) is 3.38. The third-order valence-corrected chi connectivity index (χ3v) is 2.21. The molecule has 0 saturated carbocycles. The maximum Gasteiger partial charge on any atom is 0.178 e. The van der Waals surface area contributed by atoms with Gasteiger partial charge in [-0.1, -0.05) is 12.7 Å². The van der Waals surface area contributed by atoms with Crippen LogP contribution in [-0.4, -0.2) is 20.0 Å². The van der Waals surface area contributed by atoms with Crippen LogP contribution in [0.25, 0.3) is 6.08 Å². The van der Waals surface area contributed by atoms with Gasteiger partial charge in [-0.25, -0.2) is 0 Å². The zero-order chi connectivity index (χ0) is 12.8. The molecule has 4 heteroatoms. The lowest BCUT2D eigenvalue weighted by Gasteiger charge is -2.10. The summed E-state index contributed by atoms with van der Waals surface area (Å²) in [6.07, 6.45) is 4.30. The number of carbonyl (C=O) groups is 1. The van der Waals surface area contributed by atoms with Crippen molar-refractivity contribution in [3.05, 3.63) is 36.4 Å². The minimum absolute atomic E-state index is 0.167. The molecule has 0 aromatic heterocycles. The number of hydrogen-bond acceptors (Lipinski definition) is 4. The van der Waals surface area contributed by atoms with E-state index in [0.717, 1.165) is 5.56 Å². The smallest absolute Gasteiger partial charge is 0.178 e. The van der Waals surface area contributed by atoms with Gasteiger partial charge in [-0.15, -0.1) is 0 Å². The minimum Gasteiger partial charge on any atom is -0.494 e. The number of rotatable bonds is 5. The molecular formula is C13H15NO3. The second-order valence-electron chi connectivity index (χ2n) is 3.28. The lowest BCUT2D eigenvalue weighted by molar-refractivity contribution is -0.110. The van der Waals surface area contributed by atoms with E-state index in [1.807, 2.05) is 0 Å². The standard InChI is InChI=1S/C13H15NO3/c1-4-10(15)6-5-9-7-11(16-2)13(14)12(8-9)17-3/h4-8H,1,14H2,2-3H3. The summed E-state index contributed by atoms with van der Waals surface area (Å²) in [5.74, 6) is 0.852. The molecule has 0 heterocycles. The molecule has 1 aromatic rings. The lowest BCUT2D eigenvalue weighted by Crippen LogP contribution is -1.97. The Hall–Kier alpha value is -2.23. The van der Waals surface area contributed by atoms with Crippen molar-refractivity contribution in [1.29, 1.82) is 0 Å². The molecule has 0 radical (unpaired) electrons. The molecule has 2 N–H and O–H groups in total. The molecule has 0 unspecified atom stereocenters. The fourth-order valence-corrected chi connectivity index (χ4v) is 1.30. The highest BCUT2D eigenvalue weighted by atomic mass is 16.5.